The number of hydrogen-bond acceptors (Lipinski definition) is 4. The summed E-state index contributed by atoms with van der Waals surface area (Å²) >= 11 is 4.01. The number of rotatable bonds is 8. The van der Waals surface area contributed by atoms with Crippen molar-refractivity contribution in [2.75, 3.05) is 24.7 Å². The summed E-state index contributed by atoms with van der Waals surface area (Å²) in [4.78, 5) is 12.1. The standard InChI is InChI=1S/C23H26N2O2S2/c26-22(24-12-3-13-25-14-11-18-5-1-2-6-21(18)25)17-27-20-9-7-19(8-10-20)23-28-15-4-16-29-23/h1-2,5-11,14,23H,3-4,12-13,15-17H2,(H,24,26). The van der Waals surface area contributed by atoms with Crippen LogP contribution in [0.1, 0.15) is 23.0 Å². The summed E-state index contributed by atoms with van der Waals surface area (Å²) in [5, 5.41) is 4.19. The van der Waals surface area contributed by atoms with Gasteiger partial charge in [0, 0.05) is 24.8 Å². The van der Waals surface area contributed by atoms with E-state index < -0.39 is 0 Å². The molecule has 0 radical (unpaired) electrons. The van der Waals surface area contributed by atoms with E-state index in [0.717, 1.165) is 18.7 Å². The van der Waals surface area contributed by atoms with Crippen molar-refractivity contribution in [3.63, 3.8) is 0 Å². The van der Waals surface area contributed by atoms with Crippen molar-refractivity contribution in [3.05, 3.63) is 66.4 Å². The molecular weight excluding hydrogens is 400 g/mol. The van der Waals surface area contributed by atoms with E-state index in [1.165, 1.54) is 34.4 Å². The van der Waals surface area contributed by atoms with Crippen LogP contribution in [0.2, 0.25) is 0 Å². The van der Waals surface area contributed by atoms with Gasteiger partial charge in [0.05, 0.1) is 4.58 Å². The Balaban J connectivity index is 1.16. The van der Waals surface area contributed by atoms with E-state index in [9.17, 15) is 4.79 Å². The minimum Gasteiger partial charge on any atom is -0.484 e. The molecule has 3 aromatic rings. The summed E-state index contributed by atoms with van der Waals surface area (Å²) in [7, 11) is 0. The Labute approximate surface area is 180 Å². The Kier molecular flexibility index (Phi) is 7.06. The number of para-hydroxylation sites is 1. The molecule has 4 nitrogen and oxygen atoms in total. The number of benzene rings is 2. The highest BCUT2D eigenvalue weighted by Crippen LogP contribution is 2.43. The number of amides is 1. The van der Waals surface area contributed by atoms with E-state index in [4.69, 9.17) is 4.74 Å². The van der Waals surface area contributed by atoms with Crippen molar-refractivity contribution < 1.29 is 9.53 Å². The van der Waals surface area contributed by atoms with Crippen LogP contribution < -0.4 is 10.1 Å². The highest BCUT2D eigenvalue weighted by molar-refractivity contribution is 8.16. The van der Waals surface area contributed by atoms with Gasteiger partial charge in [0.2, 0.25) is 0 Å². The first-order chi connectivity index (χ1) is 14.3. The van der Waals surface area contributed by atoms with Crippen LogP contribution >= 0.6 is 23.5 Å². The second-order valence-electron chi connectivity index (χ2n) is 7.06. The van der Waals surface area contributed by atoms with Crippen molar-refractivity contribution in [2.24, 2.45) is 0 Å². The summed E-state index contributed by atoms with van der Waals surface area (Å²) in [6, 6.07) is 18.6. The fraction of sp³-hybridized carbons (Fsp3) is 0.348. The predicted octanol–water partition coefficient (Wildman–Crippen LogP) is 5.10. The molecule has 1 fully saturated rings. The number of aromatic nitrogens is 1. The molecule has 1 aliphatic rings. The van der Waals surface area contributed by atoms with Gasteiger partial charge in [0.25, 0.3) is 5.91 Å². The largest absolute Gasteiger partial charge is 0.484 e. The zero-order chi connectivity index (χ0) is 19.9. The molecule has 4 rings (SSSR count). The van der Waals surface area contributed by atoms with Gasteiger partial charge in [-0.05, 0) is 59.6 Å². The van der Waals surface area contributed by atoms with Gasteiger partial charge in [-0.1, -0.05) is 30.3 Å². The molecule has 1 saturated heterocycles. The van der Waals surface area contributed by atoms with Crippen molar-refractivity contribution in [1.29, 1.82) is 0 Å². The Morgan fingerprint density at radius 2 is 1.86 bits per heavy atom. The summed E-state index contributed by atoms with van der Waals surface area (Å²) in [6.45, 7) is 1.58. The molecule has 1 amide bonds. The quantitative estimate of drug-likeness (QED) is 0.509. The minimum absolute atomic E-state index is 0.0543. The highest BCUT2D eigenvalue weighted by atomic mass is 32.2. The van der Waals surface area contributed by atoms with Gasteiger partial charge in [-0.2, -0.15) is 0 Å². The lowest BCUT2D eigenvalue weighted by molar-refractivity contribution is -0.123. The van der Waals surface area contributed by atoms with E-state index in [0.29, 0.717) is 11.1 Å². The topological polar surface area (TPSA) is 43.3 Å². The number of carbonyl (C=O) groups excluding carboxylic acids is 1. The minimum atomic E-state index is -0.0789. The Bertz CT molecular complexity index is 933. The fourth-order valence-corrected chi connectivity index (χ4v) is 6.31. The summed E-state index contributed by atoms with van der Waals surface area (Å²) in [5.74, 6) is 3.13. The summed E-state index contributed by atoms with van der Waals surface area (Å²) in [5.41, 5.74) is 2.56. The first-order valence-electron chi connectivity index (χ1n) is 10.1. The van der Waals surface area contributed by atoms with E-state index in [-0.39, 0.29) is 12.5 Å². The number of nitrogens with zero attached hydrogens (tertiary/aromatic N) is 1. The zero-order valence-corrected chi connectivity index (χ0v) is 18.0. The molecule has 2 heterocycles. The number of thioether (sulfide) groups is 2. The monoisotopic (exact) mass is 426 g/mol. The molecule has 2 aromatic carbocycles. The van der Waals surface area contributed by atoms with Crippen molar-refractivity contribution in [1.82, 2.24) is 9.88 Å². The normalized spacial score (nSPS) is 14.8. The molecule has 0 atom stereocenters. The summed E-state index contributed by atoms with van der Waals surface area (Å²) < 4.78 is 8.39. The lowest BCUT2D eigenvalue weighted by atomic mass is 10.2. The number of aryl methyl sites for hydroxylation is 1. The second kappa shape index (κ2) is 10.1. The van der Waals surface area contributed by atoms with Gasteiger partial charge >= 0.3 is 0 Å². The smallest absolute Gasteiger partial charge is 0.257 e. The predicted molar refractivity (Wildman–Crippen MR) is 124 cm³/mol. The zero-order valence-electron chi connectivity index (χ0n) is 16.4. The van der Waals surface area contributed by atoms with E-state index in [1.807, 2.05) is 41.7 Å². The maximum Gasteiger partial charge on any atom is 0.257 e. The molecule has 1 aromatic heterocycles. The van der Waals surface area contributed by atoms with Crippen molar-refractivity contribution in [3.8, 4) is 5.75 Å². The van der Waals surface area contributed by atoms with Crippen LogP contribution in [0.25, 0.3) is 10.9 Å². The van der Waals surface area contributed by atoms with Gasteiger partial charge in [-0.15, -0.1) is 23.5 Å². The second-order valence-corrected chi connectivity index (χ2v) is 9.78. The van der Waals surface area contributed by atoms with Crippen LogP contribution in [-0.4, -0.2) is 35.1 Å². The fourth-order valence-electron chi connectivity index (χ4n) is 3.41. The highest BCUT2D eigenvalue weighted by Gasteiger charge is 2.16. The first-order valence-corrected chi connectivity index (χ1v) is 12.2. The Morgan fingerprint density at radius 1 is 1.07 bits per heavy atom. The van der Waals surface area contributed by atoms with E-state index in [2.05, 4.69) is 52.5 Å². The number of carbonyl (C=O) groups is 1. The third kappa shape index (κ3) is 5.52. The van der Waals surface area contributed by atoms with Gasteiger partial charge in [-0.25, -0.2) is 0 Å². The average molecular weight is 427 g/mol. The third-order valence-electron chi connectivity index (χ3n) is 4.93. The molecule has 6 heteroatoms. The molecule has 1 N–H and O–H groups in total. The maximum absolute atomic E-state index is 12.1. The Hall–Kier alpha value is -2.05. The van der Waals surface area contributed by atoms with Gasteiger partial charge in [0.1, 0.15) is 5.75 Å². The van der Waals surface area contributed by atoms with Crippen molar-refractivity contribution >= 4 is 40.3 Å². The van der Waals surface area contributed by atoms with Crippen molar-refractivity contribution in [2.45, 2.75) is 24.0 Å². The van der Waals surface area contributed by atoms with Crippen LogP contribution in [-0.2, 0) is 11.3 Å². The van der Waals surface area contributed by atoms with Gasteiger partial charge < -0.3 is 14.6 Å². The molecule has 29 heavy (non-hydrogen) atoms. The number of ether oxygens (including phenoxy) is 1. The molecule has 0 spiro atoms. The lowest BCUT2D eigenvalue weighted by Crippen LogP contribution is -2.30. The average Bonchev–Trinajstić information content (AvgIpc) is 3.19. The van der Waals surface area contributed by atoms with Crippen LogP contribution in [0.15, 0.2) is 60.8 Å². The van der Waals surface area contributed by atoms with Crippen LogP contribution in [0.3, 0.4) is 0 Å². The number of fused-ring (bicyclic) bond motifs is 1. The molecule has 0 bridgehead atoms. The lowest BCUT2D eigenvalue weighted by Gasteiger charge is -2.21. The van der Waals surface area contributed by atoms with Crippen LogP contribution in [0.5, 0.6) is 5.75 Å². The van der Waals surface area contributed by atoms with Crippen LogP contribution in [0.4, 0.5) is 0 Å². The SMILES string of the molecule is O=C(COc1ccc(C2SCCCS2)cc1)NCCCn1ccc2ccccc21. The van der Waals surface area contributed by atoms with Gasteiger partial charge in [-0.3, -0.25) is 4.79 Å². The van der Waals surface area contributed by atoms with E-state index in [1.54, 1.807) is 0 Å². The molecule has 152 valence electrons. The molecular formula is C23H26N2O2S2. The van der Waals surface area contributed by atoms with Crippen LogP contribution in [0, 0.1) is 0 Å². The third-order valence-corrected chi connectivity index (χ3v) is 7.94. The molecule has 0 unspecified atom stereocenters. The number of nitrogens with one attached hydrogen (secondary N) is 1. The Morgan fingerprint density at radius 3 is 2.69 bits per heavy atom. The number of hydrogen-bond donors (Lipinski definition) is 1. The van der Waals surface area contributed by atoms with E-state index >= 15 is 0 Å². The molecule has 0 aliphatic carbocycles. The first kappa shape index (κ1) is 20.2. The van der Waals surface area contributed by atoms with Gasteiger partial charge in [0.15, 0.2) is 6.61 Å². The summed E-state index contributed by atoms with van der Waals surface area (Å²) in [6.07, 6.45) is 4.28. The molecule has 0 saturated carbocycles. The molecule has 1 aliphatic heterocycles. The maximum atomic E-state index is 12.1.